The lowest BCUT2D eigenvalue weighted by Crippen LogP contribution is -2.07. The monoisotopic (exact) mass is 184 g/mol. The van der Waals surface area contributed by atoms with Crippen LogP contribution in [-0.2, 0) is 6.54 Å². The van der Waals surface area contributed by atoms with Crippen molar-refractivity contribution in [3.05, 3.63) is 24.0 Å². The lowest BCUT2D eigenvalue weighted by atomic mass is 10.3. The van der Waals surface area contributed by atoms with Crippen molar-refractivity contribution >= 4 is 0 Å². The molecule has 0 unspecified atom stereocenters. The maximum atomic E-state index is 11.7. The molecule has 0 fully saturated rings. The molecule has 1 rings (SSSR count). The van der Waals surface area contributed by atoms with Gasteiger partial charge in [-0.2, -0.15) is 0 Å². The van der Waals surface area contributed by atoms with Crippen LogP contribution >= 0.6 is 0 Å². The molecule has 0 spiro atoms. The van der Waals surface area contributed by atoms with E-state index in [2.05, 4.69) is 10.3 Å². The molecule has 1 aromatic heterocycles. The Balaban J connectivity index is 2.48. The third-order valence-electron chi connectivity index (χ3n) is 1.50. The van der Waals surface area contributed by atoms with Gasteiger partial charge in [0.25, 0.3) is 0 Å². The summed E-state index contributed by atoms with van der Waals surface area (Å²) in [6.07, 6.45) is 1.60. The van der Waals surface area contributed by atoms with E-state index in [1.165, 1.54) is 0 Å². The third-order valence-corrected chi connectivity index (χ3v) is 1.50. The first-order valence-corrected chi connectivity index (χ1v) is 4.15. The molecule has 1 heterocycles. The minimum Gasteiger partial charge on any atom is -0.489 e. The molecular weight excluding hydrogens is 171 g/mol. The molecule has 13 heavy (non-hydrogen) atoms. The summed E-state index contributed by atoms with van der Waals surface area (Å²) < 4.78 is 16.8. The van der Waals surface area contributed by atoms with Gasteiger partial charge in [-0.15, -0.1) is 0 Å². The van der Waals surface area contributed by atoms with E-state index in [4.69, 9.17) is 4.74 Å². The number of hydrogen-bond donors (Lipinski definition) is 1. The van der Waals surface area contributed by atoms with E-state index < -0.39 is 6.67 Å². The normalized spacial score (nSPS) is 10.0. The van der Waals surface area contributed by atoms with Gasteiger partial charge in [-0.25, -0.2) is 4.39 Å². The number of halogens is 1. The topological polar surface area (TPSA) is 34.1 Å². The fraction of sp³-hybridized carbons (Fsp3) is 0.444. The van der Waals surface area contributed by atoms with Crippen molar-refractivity contribution in [2.45, 2.75) is 6.54 Å². The van der Waals surface area contributed by atoms with E-state index in [1.54, 1.807) is 12.3 Å². The minimum atomic E-state index is -0.474. The highest BCUT2D eigenvalue weighted by atomic mass is 19.1. The lowest BCUT2D eigenvalue weighted by Gasteiger charge is -2.03. The zero-order valence-corrected chi connectivity index (χ0v) is 7.59. The number of hydrogen-bond acceptors (Lipinski definition) is 3. The first-order chi connectivity index (χ1) is 6.36. The van der Waals surface area contributed by atoms with E-state index in [1.807, 2.05) is 13.1 Å². The molecule has 1 N–H and O–H groups in total. The molecule has 0 saturated heterocycles. The first kappa shape index (κ1) is 9.92. The average Bonchev–Trinajstić information content (AvgIpc) is 2.17. The smallest absolute Gasteiger partial charge is 0.137 e. The third kappa shape index (κ3) is 3.38. The summed E-state index contributed by atoms with van der Waals surface area (Å²) in [7, 11) is 1.86. The van der Waals surface area contributed by atoms with Crippen LogP contribution < -0.4 is 10.1 Å². The molecule has 0 radical (unpaired) electrons. The Morgan fingerprint density at radius 3 is 2.92 bits per heavy atom. The second-order valence-electron chi connectivity index (χ2n) is 2.55. The summed E-state index contributed by atoms with van der Waals surface area (Å²) in [4.78, 5) is 4.11. The number of aromatic nitrogens is 1. The quantitative estimate of drug-likeness (QED) is 0.745. The molecule has 3 nitrogen and oxygen atoms in total. The average molecular weight is 184 g/mol. The molecule has 0 aliphatic carbocycles. The molecule has 0 bridgehead atoms. The Labute approximate surface area is 76.9 Å². The van der Waals surface area contributed by atoms with Crippen LogP contribution in [0.3, 0.4) is 0 Å². The van der Waals surface area contributed by atoms with Crippen molar-refractivity contribution in [2.75, 3.05) is 20.3 Å². The number of pyridine rings is 1. The number of alkyl halides is 1. The Bertz CT molecular complexity index is 238. The van der Waals surface area contributed by atoms with E-state index in [-0.39, 0.29) is 6.61 Å². The summed E-state index contributed by atoms with van der Waals surface area (Å²) in [6.45, 7) is 0.342. The number of ether oxygens (including phenoxy) is 1. The molecule has 0 aliphatic heterocycles. The Morgan fingerprint density at radius 1 is 1.54 bits per heavy atom. The van der Waals surface area contributed by atoms with Crippen molar-refractivity contribution in [2.24, 2.45) is 0 Å². The summed E-state index contributed by atoms with van der Waals surface area (Å²) in [5.41, 5.74) is 0.940. The van der Waals surface area contributed by atoms with Gasteiger partial charge in [-0.3, -0.25) is 4.98 Å². The van der Waals surface area contributed by atoms with Crippen LogP contribution in [0.4, 0.5) is 4.39 Å². The SMILES string of the molecule is CNCc1ccc(OCCF)cn1. The number of rotatable bonds is 5. The maximum absolute atomic E-state index is 11.7. The van der Waals surface area contributed by atoms with Crippen LogP contribution in [0, 0.1) is 0 Å². The van der Waals surface area contributed by atoms with Gasteiger partial charge in [-0.1, -0.05) is 0 Å². The lowest BCUT2D eigenvalue weighted by molar-refractivity contribution is 0.272. The van der Waals surface area contributed by atoms with E-state index >= 15 is 0 Å². The van der Waals surface area contributed by atoms with Gasteiger partial charge in [0.05, 0.1) is 11.9 Å². The maximum Gasteiger partial charge on any atom is 0.137 e. The van der Waals surface area contributed by atoms with Crippen molar-refractivity contribution in [3.8, 4) is 5.75 Å². The molecule has 72 valence electrons. The molecule has 0 aliphatic rings. The zero-order valence-electron chi connectivity index (χ0n) is 7.59. The van der Waals surface area contributed by atoms with Gasteiger partial charge in [0.1, 0.15) is 19.0 Å². The number of nitrogens with one attached hydrogen (secondary N) is 1. The molecule has 0 amide bonds. The van der Waals surface area contributed by atoms with Crippen LogP contribution in [0.1, 0.15) is 5.69 Å². The molecule has 0 aromatic carbocycles. The summed E-state index contributed by atoms with van der Waals surface area (Å²) in [6, 6.07) is 3.64. The van der Waals surface area contributed by atoms with Gasteiger partial charge < -0.3 is 10.1 Å². The van der Waals surface area contributed by atoms with Crippen LogP contribution in [0.2, 0.25) is 0 Å². The molecule has 1 aromatic rings. The zero-order chi connectivity index (χ0) is 9.52. The predicted molar refractivity (Wildman–Crippen MR) is 48.5 cm³/mol. The summed E-state index contributed by atoms with van der Waals surface area (Å²) >= 11 is 0. The predicted octanol–water partition coefficient (Wildman–Crippen LogP) is 1.15. The summed E-state index contributed by atoms with van der Waals surface area (Å²) in [5.74, 6) is 0.609. The summed E-state index contributed by atoms with van der Waals surface area (Å²) in [5, 5.41) is 2.98. The van der Waals surface area contributed by atoms with Crippen molar-refractivity contribution in [1.82, 2.24) is 10.3 Å². The van der Waals surface area contributed by atoms with Crippen molar-refractivity contribution in [1.29, 1.82) is 0 Å². The van der Waals surface area contributed by atoms with Crippen LogP contribution in [0.5, 0.6) is 5.75 Å². The Morgan fingerprint density at radius 2 is 2.38 bits per heavy atom. The number of nitrogens with zero attached hydrogens (tertiary/aromatic N) is 1. The van der Waals surface area contributed by atoms with E-state index in [9.17, 15) is 4.39 Å². The Kier molecular flexibility index (Phi) is 4.18. The minimum absolute atomic E-state index is 0.0903. The molecule has 4 heteroatoms. The van der Waals surface area contributed by atoms with Crippen LogP contribution in [0.15, 0.2) is 18.3 Å². The van der Waals surface area contributed by atoms with Crippen LogP contribution in [-0.4, -0.2) is 25.3 Å². The second kappa shape index (κ2) is 5.48. The van der Waals surface area contributed by atoms with Crippen molar-refractivity contribution in [3.63, 3.8) is 0 Å². The first-order valence-electron chi connectivity index (χ1n) is 4.15. The van der Waals surface area contributed by atoms with Gasteiger partial charge >= 0.3 is 0 Å². The second-order valence-corrected chi connectivity index (χ2v) is 2.55. The fourth-order valence-electron chi connectivity index (χ4n) is 0.938. The Hall–Kier alpha value is -1.16. The standard InChI is InChI=1S/C9H13FN2O/c1-11-6-8-2-3-9(7-12-8)13-5-4-10/h2-3,7,11H,4-6H2,1H3. The van der Waals surface area contributed by atoms with Gasteiger partial charge in [0, 0.05) is 6.54 Å². The van der Waals surface area contributed by atoms with Crippen molar-refractivity contribution < 1.29 is 9.13 Å². The highest BCUT2D eigenvalue weighted by Gasteiger charge is 1.95. The molecular formula is C9H13FN2O. The van der Waals surface area contributed by atoms with Gasteiger partial charge in [-0.05, 0) is 19.2 Å². The van der Waals surface area contributed by atoms with E-state index in [0.717, 1.165) is 12.2 Å². The highest BCUT2D eigenvalue weighted by molar-refractivity contribution is 5.19. The van der Waals surface area contributed by atoms with Crippen LogP contribution in [0.25, 0.3) is 0 Å². The van der Waals surface area contributed by atoms with E-state index in [0.29, 0.717) is 5.75 Å². The largest absolute Gasteiger partial charge is 0.489 e. The fourth-order valence-corrected chi connectivity index (χ4v) is 0.938. The van der Waals surface area contributed by atoms with Gasteiger partial charge in [0.2, 0.25) is 0 Å². The van der Waals surface area contributed by atoms with Gasteiger partial charge in [0.15, 0.2) is 0 Å². The molecule has 0 atom stereocenters. The molecule has 0 saturated carbocycles. The highest BCUT2D eigenvalue weighted by Crippen LogP contribution is 2.08.